The molecule has 2 heterocycles. The van der Waals surface area contributed by atoms with Crippen LogP contribution in [0.1, 0.15) is 40.2 Å². The summed E-state index contributed by atoms with van der Waals surface area (Å²) in [5.74, 6) is 0.795. The van der Waals surface area contributed by atoms with Gasteiger partial charge >= 0.3 is 0 Å². The second kappa shape index (κ2) is 7.61. The van der Waals surface area contributed by atoms with Crippen LogP contribution >= 0.6 is 34.2 Å². The fraction of sp³-hybridized carbons (Fsp3) is 0.250. The Bertz CT molecular complexity index is 704. The van der Waals surface area contributed by atoms with Gasteiger partial charge in [0.05, 0.1) is 46.6 Å². The van der Waals surface area contributed by atoms with E-state index in [0.717, 1.165) is 21.8 Å². The SMILES string of the molecule is CC.N#Cc1ccc(OCc2scc3c2CN(I)C3=O)cc1. The molecule has 1 aliphatic heterocycles. The molecule has 4 nitrogen and oxygen atoms in total. The number of nitriles is 1. The normalized spacial score (nSPS) is 12.3. The van der Waals surface area contributed by atoms with Crippen LogP contribution in [0.15, 0.2) is 29.6 Å². The van der Waals surface area contributed by atoms with Gasteiger partial charge < -0.3 is 4.74 Å². The molecule has 6 heteroatoms. The second-order valence-corrected chi connectivity index (χ2v) is 6.43. The number of hydrogen-bond donors (Lipinski definition) is 0. The third-order valence-electron chi connectivity index (χ3n) is 3.08. The van der Waals surface area contributed by atoms with Gasteiger partial charge in [0, 0.05) is 15.8 Å². The average Bonchev–Trinajstić information content (AvgIpc) is 3.09. The number of carbonyl (C=O) groups excluding carboxylic acids is 1. The Balaban J connectivity index is 0.000000847. The summed E-state index contributed by atoms with van der Waals surface area (Å²) in [6.45, 7) is 5.09. The molecule has 3 rings (SSSR count). The summed E-state index contributed by atoms with van der Waals surface area (Å²) in [6.07, 6.45) is 0. The number of thiophene rings is 1. The molecule has 1 aromatic heterocycles. The van der Waals surface area contributed by atoms with Gasteiger partial charge in [0.2, 0.25) is 0 Å². The van der Waals surface area contributed by atoms with Crippen molar-refractivity contribution < 1.29 is 9.53 Å². The molecule has 0 fully saturated rings. The van der Waals surface area contributed by atoms with Crippen molar-refractivity contribution in [2.45, 2.75) is 27.0 Å². The number of benzene rings is 1. The molecule has 0 N–H and O–H groups in total. The van der Waals surface area contributed by atoms with Crippen LogP contribution in [0.4, 0.5) is 0 Å². The van der Waals surface area contributed by atoms with Crippen molar-refractivity contribution >= 4 is 40.1 Å². The van der Waals surface area contributed by atoms with Crippen molar-refractivity contribution in [1.82, 2.24) is 3.11 Å². The van der Waals surface area contributed by atoms with Gasteiger partial charge in [-0.2, -0.15) is 5.26 Å². The van der Waals surface area contributed by atoms with Crippen LogP contribution in [0, 0.1) is 11.3 Å². The van der Waals surface area contributed by atoms with Crippen molar-refractivity contribution in [3.05, 3.63) is 51.2 Å². The first kappa shape index (κ1) is 16.8. The van der Waals surface area contributed by atoms with Gasteiger partial charge in [-0.25, -0.2) is 0 Å². The van der Waals surface area contributed by atoms with Crippen LogP contribution in [0.25, 0.3) is 0 Å². The van der Waals surface area contributed by atoms with E-state index in [0.29, 0.717) is 18.7 Å². The number of carbonyl (C=O) groups is 1. The van der Waals surface area contributed by atoms with E-state index in [9.17, 15) is 4.79 Å². The van der Waals surface area contributed by atoms with E-state index >= 15 is 0 Å². The van der Waals surface area contributed by atoms with Gasteiger partial charge in [-0.3, -0.25) is 7.91 Å². The molecule has 2 aromatic rings. The van der Waals surface area contributed by atoms with E-state index in [-0.39, 0.29) is 5.91 Å². The maximum Gasteiger partial charge on any atom is 0.264 e. The fourth-order valence-corrected chi connectivity index (χ4v) is 3.56. The van der Waals surface area contributed by atoms with Crippen molar-refractivity contribution in [2.24, 2.45) is 0 Å². The van der Waals surface area contributed by atoms with Gasteiger partial charge in [-0.1, -0.05) is 13.8 Å². The van der Waals surface area contributed by atoms with Crippen molar-refractivity contribution in [2.75, 3.05) is 0 Å². The van der Waals surface area contributed by atoms with Crippen LogP contribution in [0.3, 0.4) is 0 Å². The number of amides is 1. The summed E-state index contributed by atoms with van der Waals surface area (Å²) in [4.78, 5) is 12.9. The summed E-state index contributed by atoms with van der Waals surface area (Å²) in [5, 5.41) is 10.6. The Hall–Kier alpha value is -1.59. The minimum Gasteiger partial charge on any atom is -0.488 e. The molecule has 1 aliphatic rings. The lowest BCUT2D eigenvalue weighted by molar-refractivity contribution is 0.0905. The topological polar surface area (TPSA) is 53.3 Å². The van der Waals surface area contributed by atoms with Crippen molar-refractivity contribution in [3.63, 3.8) is 0 Å². The van der Waals surface area contributed by atoms with Gasteiger partial charge in [-0.15, -0.1) is 11.3 Å². The molecule has 0 radical (unpaired) electrons. The number of hydrogen-bond acceptors (Lipinski definition) is 4. The first-order chi connectivity index (χ1) is 10.7. The molecule has 0 saturated carbocycles. The predicted molar refractivity (Wildman–Crippen MR) is 95.0 cm³/mol. The average molecular weight is 426 g/mol. The van der Waals surface area contributed by atoms with Crippen LogP contribution in [-0.4, -0.2) is 9.02 Å². The van der Waals surface area contributed by atoms with Crippen molar-refractivity contribution in [3.8, 4) is 11.8 Å². The van der Waals surface area contributed by atoms with Gasteiger partial charge in [-0.05, 0) is 24.3 Å². The van der Waals surface area contributed by atoms with E-state index in [1.165, 1.54) is 0 Å². The first-order valence-corrected chi connectivity index (χ1v) is 8.73. The minimum absolute atomic E-state index is 0.0708. The number of fused-ring (bicyclic) bond motifs is 1. The van der Waals surface area contributed by atoms with Gasteiger partial charge in [0.25, 0.3) is 5.91 Å². The quantitative estimate of drug-likeness (QED) is 0.535. The number of rotatable bonds is 3. The number of ether oxygens (including phenoxy) is 1. The second-order valence-electron chi connectivity index (χ2n) is 4.30. The van der Waals surface area contributed by atoms with Crippen LogP contribution in [0.5, 0.6) is 5.75 Å². The van der Waals surface area contributed by atoms with Crippen LogP contribution < -0.4 is 4.74 Å². The van der Waals surface area contributed by atoms with Crippen LogP contribution in [-0.2, 0) is 13.2 Å². The van der Waals surface area contributed by atoms with Gasteiger partial charge in [0.1, 0.15) is 12.4 Å². The summed E-state index contributed by atoms with van der Waals surface area (Å²) < 4.78 is 7.40. The molecule has 22 heavy (non-hydrogen) atoms. The van der Waals surface area contributed by atoms with E-state index < -0.39 is 0 Å². The van der Waals surface area contributed by atoms with E-state index in [4.69, 9.17) is 10.00 Å². The fourth-order valence-electron chi connectivity index (χ4n) is 2.01. The smallest absolute Gasteiger partial charge is 0.264 e. The lowest BCUT2D eigenvalue weighted by Crippen LogP contribution is -2.10. The molecule has 0 unspecified atom stereocenters. The zero-order chi connectivity index (χ0) is 16.1. The first-order valence-electron chi connectivity index (χ1n) is 6.89. The Labute approximate surface area is 147 Å². The summed E-state index contributed by atoms with van der Waals surface area (Å²) in [7, 11) is 0. The lowest BCUT2D eigenvalue weighted by atomic mass is 10.2. The molecule has 0 saturated heterocycles. The van der Waals surface area contributed by atoms with Crippen molar-refractivity contribution in [1.29, 1.82) is 5.26 Å². The number of halogens is 1. The summed E-state index contributed by atoms with van der Waals surface area (Å²) >= 11 is 3.59. The summed E-state index contributed by atoms with van der Waals surface area (Å²) in [6, 6.07) is 9.08. The minimum atomic E-state index is 0.0708. The highest BCUT2D eigenvalue weighted by Gasteiger charge is 2.29. The highest BCUT2D eigenvalue weighted by molar-refractivity contribution is 14.1. The molecule has 1 amide bonds. The molecule has 1 aromatic carbocycles. The zero-order valence-electron chi connectivity index (χ0n) is 12.3. The molecule has 0 bridgehead atoms. The van der Waals surface area contributed by atoms with E-state index in [1.807, 2.05) is 42.1 Å². The zero-order valence-corrected chi connectivity index (χ0v) is 15.3. The maximum absolute atomic E-state index is 11.8. The molecule has 0 atom stereocenters. The lowest BCUT2D eigenvalue weighted by Gasteiger charge is -2.07. The largest absolute Gasteiger partial charge is 0.488 e. The molecular weight excluding hydrogens is 411 g/mol. The summed E-state index contributed by atoms with van der Waals surface area (Å²) in [5.41, 5.74) is 2.48. The Morgan fingerprint density at radius 1 is 1.36 bits per heavy atom. The highest BCUT2D eigenvalue weighted by Crippen LogP contribution is 2.33. The molecular formula is C16H15IN2O2S. The Morgan fingerprint density at radius 2 is 2.05 bits per heavy atom. The molecule has 0 spiro atoms. The molecule has 0 aliphatic carbocycles. The third-order valence-corrected chi connectivity index (χ3v) is 4.86. The standard InChI is InChI=1S/C14H9IN2O2S.C2H6/c15-17-6-11-12(14(17)18)8-20-13(11)7-19-10-3-1-9(5-16)2-4-10;1-2/h1-4,8H,6-7H2;1-2H3. The Morgan fingerprint density at radius 3 is 2.68 bits per heavy atom. The molecule has 114 valence electrons. The van der Waals surface area contributed by atoms with E-state index in [1.54, 1.807) is 38.7 Å². The number of nitrogens with zero attached hydrogens (tertiary/aromatic N) is 2. The third kappa shape index (κ3) is 3.42. The predicted octanol–water partition coefficient (Wildman–Crippen LogP) is 4.53. The monoisotopic (exact) mass is 426 g/mol. The Kier molecular flexibility index (Phi) is 5.80. The van der Waals surface area contributed by atoms with E-state index in [2.05, 4.69) is 6.07 Å². The van der Waals surface area contributed by atoms with Gasteiger partial charge in [0.15, 0.2) is 0 Å². The highest BCUT2D eigenvalue weighted by atomic mass is 127. The maximum atomic E-state index is 11.8. The van der Waals surface area contributed by atoms with Crippen LogP contribution in [0.2, 0.25) is 0 Å².